The molecular weight excluding hydrogens is 428 g/mol. The van der Waals surface area contributed by atoms with Crippen LogP contribution in [0.5, 0.6) is 5.75 Å². The van der Waals surface area contributed by atoms with Crippen LogP contribution in [0, 0.1) is 6.92 Å². The minimum Gasteiger partial charge on any atom is -0.483 e. The van der Waals surface area contributed by atoms with Crippen LogP contribution in [0.25, 0.3) is 20.8 Å². The molecule has 1 N–H and O–H groups in total. The van der Waals surface area contributed by atoms with Gasteiger partial charge in [0.25, 0.3) is 5.91 Å². The summed E-state index contributed by atoms with van der Waals surface area (Å²) in [6.45, 7) is 6.14. The highest BCUT2D eigenvalue weighted by Gasteiger charge is 2.15. The van der Waals surface area contributed by atoms with Crippen LogP contribution in [0.1, 0.15) is 30.9 Å². The molecule has 0 saturated heterocycles. The monoisotopic (exact) mass is 450 g/mol. The number of thiazole rings is 1. The molecule has 6 heteroatoms. The zero-order valence-electron chi connectivity index (χ0n) is 17.6. The Kier molecular flexibility index (Phi) is 6.25. The van der Waals surface area contributed by atoms with E-state index in [9.17, 15) is 4.79 Å². The van der Waals surface area contributed by atoms with E-state index in [1.807, 2.05) is 43.3 Å². The highest BCUT2D eigenvalue weighted by atomic mass is 35.5. The van der Waals surface area contributed by atoms with E-state index in [2.05, 4.69) is 31.3 Å². The molecule has 0 fully saturated rings. The molecule has 0 spiro atoms. The Morgan fingerprint density at radius 2 is 1.94 bits per heavy atom. The van der Waals surface area contributed by atoms with Gasteiger partial charge < -0.3 is 10.1 Å². The maximum Gasteiger partial charge on any atom is 0.262 e. The molecule has 3 aromatic carbocycles. The predicted octanol–water partition coefficient (Wildman–Crippen LogP) is 7.07. The van der Waals surface area contributed by atoms with Gasteiger partial charge in [0, 0.05) is 10.6 Å². The van der Waals surface area contributed by atoms with Crippen LogP contribution >= 0.6 is 22.9 Å². The molecule has 0 bridgehead atoms. The van der Waals surface area contributed by atoms with Gasteiger partial charge in [-0.25, -0.2) is 4.98 Å². The summed E-state index contributed by atoms with van der Waals surface area (Å²) >= 11 is 7.81. The smallest absolute Gasteiger partial charge is 0.262 e. The van der Waals surface area contributed by atoms with Gasteiger partial charge in [0.15, 0.2) is 6.61 Å². The molecule has 158 valence electrons. The number of nitrogens with zero attached hydrogens (tertiary/aromatic N) is 1. The third kappa shape index (κ3) is 4.89. The van der Waals surface area contributed by atoms with Crippen LogP contribution in [-0.4, -0.2) is 17.5 Å². The molecule has 0 unspecified atom stereocenters. The first-order valence-electron chi connectivity index (χ1n) is 10.1. The number of aryl methyl sites for hydroxylation is 1. The van der Waals surface area contributed by atoms with Gasteiger partial charge in [-0.2, -0.15) is 0 Å². The Bertz CT molecular complexity index is 1220. The average Bonchev–Trinajstić information content (AvgIpc) is 3.17. The molecule has 0 aliphatic heterocycles. The van der Waals surface area contributed by atoms with Crippen molar-refractivity contribution in [3.8, 4) is 16.3 Å². The number of hydrogen-bond acceptors (Lipinski definition) is 4. The topological polar surface area (TPSA) is 51.2 Å². The lowest BCUT2D eigenvalue weighted by Gasteiger charge is -2.15. The molecule has 0 saturated carbocycles. The first kappa shape index (κ1) is 21.3. The van der Waals surface area contributed by atoms with Crippen LogP contribution in [0.4, 0.5) is 5.69 Å². The van der Waals surface area contributed by atoms with Crippen molar-refractivity contribution in [2.24, 2.45) is 0 Å². The number of ether oxygens (including phenoxy) is 1. The van der Waals surface area contributed by atoms with Crippen molar-refractivity contribution in [2.45, 2.75) is 26.7 Å². The van der Waals surface area contributed by atoms with Crippen LogP contribution in [-0.2, 0) is 4.79 Å². The first-order valence-corrected chi connectivity index (χ1v) is 11.3. The van der Waals surface area contributed by atoms with Crippen molar-refractivity contribution < 1.29 is 9.53 Å². The normalized spacial score (nSPS) is 11.1. The Hall–Kier alpha value is -2.89. The fraction of sp³-hybridized carbons (Fsp3) is 0.200. The zero-order chi connectivity index (χ0) is 22.0. The van der Waals surface area contributed by atoms with Gasteiger partial charge in [0.05, 0.1) is 15.9 Å². The average molecular weight is 451 g/mol. The summed E-state index contributed by atoms with van der Waals surface area (Å²) in [4.78, 5) is 17.4. The third-order valence-electron chi connectivity index (χ3n) is 4.93. The van der Waals surface area contributed by atoms with Gasteiger partial charge in [0.1, 0.15) is 10.8 Å². The summed E-state index contributed by atoms with van der Waals surface area (Å²) in [5.74, 6) is 0.814. The number of nitrogens with one attached hydrogen (secondary N) is 1. The van der Waals surface area contributed by atoms with E-state index >= 15 is 0 Å². The van der Waals surface area contributed by atoms with Crippen molar-refractivity contribution in [2.75, 3.05) is 11.9 Å². The van der Waals surface area contributed by atoms with E-state index in [4.69, 9.17) is 21.3 Å². The van der Waals surface area contributed by atoms with Crippen LogP contribution in [0.15, 0.2) is 60.7 Å². The largest absolute Gasteiger partial charge is 0.483 e. The quantitative estimate of drug-likeness (QED) is 0.342. The standard InChI is InChI=1S/C25H23ClN2O2S/c1-15(2)18-10-8-16(3)12-22(18)30-14-24(29)27-20-11-9-17(26)13-19(20)25-28-21-6-4-5-7-23(21)31-25/h4-13,15H,14H2,1-3H3,(H,27,29). The molecule has 4 rings (SSSR count). The summed E-state index contributed by atoms with van der Waals surface area (Å²) in [7, 11) is 0. The van der Waals surface area contributed by atoms with Crippen LogP contribution in [0.3, 0.4) is 0 Å². The number of rotatable bonds is 6. The fourth-order valence-electron chi connectivity index (χ4n) is 3.36. The number of carbonyl (C=O) groups excluding carboxylic acids is 1. The van der Waals surface area contributed by atoms with E-state index in [1.54, 1.807) is 23.5 Å². The van der Waals surface area contributed by atoms with E-state index in [0.29, 0.717) is 16.6 Å². The van der Waals surface area contributed by atoms with Crippen molar-refractivity contribution in [1.82, 2.24) is 4.98 Å². The van der Waals surface area contributed by atoms with E-state index < -0.39 is 0 Å². The predicted molar refractivity (Wildman–Crippen MR) is 129 cm³/mol. The van der Waals surface area contributed by atoms with Crippen LogP contribution < -0.4 is 10.1 Å². The summed E-state index contributed by atoms with van der Waals surface area (Å²) in [5.41, 5.74) is 4.55. The van der Waals surface area contributed by atoms with E-state index in [-0.39, 0.29) is 12.5 Å². The summed E-state index contributed by atoms with van der Waals surface area (Å²) < 4.78 is 6.96. The lowest BCUT2D eigenvalue weighted by atomic mass is 10.0. The lowest BCUT2D eigenvalue weighted by molar-refractivity contribution is -0.118. The summed E-state index contributed by atoms with van der Waals surface area (Å²) in [6.07, 6.45) is 0. The minimum absolute atomic E-state index is 0.0783. The molecule has 31 heavy (non-hydrogen) atoms. The second-order valence-corrected chi connectivity index (χ2v) is 9.18. The molecule has 0 atom stereocenters. The number of halogens is 1. The van der Waals surface area contributed by atoms with Gasteiger partial charge >= 0.3 is 0 Å². The molecule has 4 nitrogen and oxygen atoms in total. The van der Waals surface area contributed by atoms with Crippen molar-refractivity contribution in [1.29, 1.82) is 0 Å². The molecule has 0 aliphatic carbocycles. The van der Waals surface area contributed by atoms with Gasteiger partial charge in [-0.3, -0.25) is 4.79 Å². The molecular formula is C25H23ClN2O2S. The summed E-state index contributed by atoms with van der Waals surface area (Å²) in [5, 5.41) is 4.35. The van der Waals surface area contributed by atoms with Crippen molar-refractivity contribution in [3.63, 3.8) is 0 Å². The maximum absolute atomic E-state index is 12.7. The van der Waals surface area contributed by atoms with Gasteiger partial charge in [-0.1, -0.05) is 49.7 Å². The fourth-order valence-corrected chi connectivity index (χ4v) is 4.53. The lowest BCUT2D eigenvalue weighted by Crippen LogP contribution is -2.21. The summed E-state index contributed by atoms with van der Waals surface area (Å²) in [6, 6.07) is 19.4. The Balaban J connectivity index is 1.55. The number of hydrogen-bond donors (Lipinski definition) is 1. The first-order chi connectivity index (χ1) is 14.9. The Morgan fingerprint density at radius 3 is 2.71 bits per heavy atom. The van der Waals surface area contributed by atoms with Gasteiger partial charge in [0.2, 0.25) is 0 Å². The van der Waals surface area contributed by atoms with E-state index in [0.717, 1.165) is 37.7 Å². The second kappa shape index (κ2) is 9.08. The molecule has 0 radical (unpaired) electrons. The van der Waals surface area contributed by atoms with Crippen molar-refractivity contribution >= 4 is 44.7 Å². The molecule has 1 amide bonds. The van der Waals surface area contributed by atoms with E-state index in [1.165, 1.54) is 0 Å². The number of anilines is 1. The Labute approximate surface area is 190 Å². The number of para-hydroxylation sites is 1. The number of aromatic nitrogens is 1. The maximum atomic E-state index is 12.7. The highest BCUT2D eigenvalue weighted by molar-refractivity contribution is 7.21. The van der Waals surface area contributed by atoms with Crippen LogP contribution in [0.2, 0.25) is 5.02 Å². The molecule has 1 heterocycles. The molecule has 4 aromatic rings. The van der Waals surface area contributed by atoms with Gasteiger partial charge in [-0.15, -0.1) is 11.3 Å². The number of benzene rings is 3. The SMILES string of the molecule is Cc1ccc(C(C)C)c(OCC(=O)Nc2ccc(Cl)cc2-c2nc3ccccc3s2)c1. The zero-order valence-corrected chi connectivity index (χ0v) is 19.2. The van der Waals surface area contributed by atoms with Crippen molar-refractivity contribution in [3.05, 3.63) is 76.8 Å². The Morgan fingerprint density at radius 1 is 1.13 bits per heavy atom. The molecule has 1 aromatic heterocycles. The number of fused-ring (bicyclic) bond motifs is 1. The second-order valence-electron chi connectivity index (χ2n) is 7.71. The highest BCUT2D eigenvalue weighted by Crippen LogP contribution is 2.36. The number of amides is 1. The third-order valence-corrected chi connectivity index (χ3v) is 6.23. The molecule has 0 aliphatic rings. The number of carbonyl (C=O) groups is 1. The minimum atomic E-state index is -0.235. The van der Waals surface area contributed by atoms with Gasteiger partial charge in [-0.05, 0) is 60.4 Å².